The van der Waals surface area contributed by atoms with E-state index in [1.54, 1.807) is 24.3 Å². The maximum absolute atomic E-state index is 13.2. The van der Waals surface area contributed by atoms with Gasteiger partial charge in [0.05, 0.1) is 23.0 Å². The second-order valence-corrected chi connectivity index (χ2v) is 13.7. The van der Waals surface area contributed by atoms with Crippen molar-refractivity contribution in [2.75, 3.05) is 32.4 Å². The average molecular weight is 641 g/mol. The third kappa shape index (κ3) is 9.65. The van der Waals surface area contributed by atoms with E-state index in [1.165, 1.54) is 17.4 Å². The first-order valence-electron chi connectivity index (χ1n) is 15.2. The van der Waals surface area contributed by atoms with Crippen LogP contribution in [0.5, 0.6) is 0 Å². The van der Waals surface area contributed by atoms with Crippen LogP contribution >= 0.6 is 12.4 Å². The summed E-state index contributed by atoms with van der Waals surface area (Å²) in [5, 5.41) is 0. The van der Waals surface area contributed by atoms with E-state index in [-0.39, 0.29) is 53.7 Å². The normalized spacial score (nSPS) is 14.9. The number of likely N-dealkylation sites (N-methyl/N-ethyl adjacent to an activating group) is 1. The molecule has 1 heterocycles. The van der Waals surface area contributed by atoms with Gasteiger partial charge in [-0.05, 0) is 87.5 Å². The lowest BCUT2D eigenvalue weighted by atomic mass is 9.87. The molecule has 1 fully saturated rings. The largest absolute Gasteiger partial charge is 0.459 e. The topological polar surface area (TPSA) is 84.0 Å². The highest BCUT2D eigenvalue weighted by Crippen LogP contribution is 2.30. The molecule has 0 N–H and O–H groups in total. The van der Waals surface area contributed by atoms with Crippen molar-refractivity contribution >= 4 is 34.1 Å². The van der Waals surface area contributed by atoms with E-state index in [0.29, 0.717) is 12.1 Å². The molecule has 0 bridgehead atoms. The van der Waals surface area contributed by atoms with Crippen LogP contribution in [-0.2, 0) is 25.8 Å². The van der Waals surface area contributed by atoms with Gasteiger partial charge in [0.25, 0.3) is 0 Å². The Hall–Kier alpha value is -3.20. The van der Waals surface area contributed by atoms with Gasteiger partial charge in [-0.2, -0.15) is 0 Å². The Labute approximate surface area is 268 Å². The van der Waals surface area contributed by atoms with E-state index >= 15 is 0 Å². The summed E-state index contributed by atoms with van der Waals surface area (Å²) >= 11 is 0. The molecule has 1 unspecified atom stereocenters. The van der Waals surface area contributed by atoms with Gasteiger partial charge in [0, 0.05) is 37.8 Å². The number of nitrogens with zero attached hydrogens (tertiary/aromatic N) is 2. The molecule has 3 aromatic rings. The van der Waals surface area contributed by atoms with E-state index < -0.39 is 9.84 Å². The smallest absolute Gasteiger partial charge is 0.338 e. The van der Waals surface area contributed by atoms with Crippen LogP contribution in [0.3, 0.4) is 0 Å². The Bertz CT molecular complexity index is 1450. The van der Waals surface area contributed by atoms with Gasteiger partial charge in [-0.1, -0.05) is 54.6 Å². The third-order valence-corrected chi connectivity index (χ3v) is 9.32. The maximum Gasteiger partial charge on any atom is 0.338 e. The van der Waals surface area contributed by atoms with Gasteiger partial charge in [0.15, 0.2) is 9.84 Å². The minimum Gasteiger partial charge on any atom is -0.459 e. The van der Waals surface area contributed by atoms with Crippen molar-refractivity contribution < 1.29 is 22.7 Å². The maximum atomic E-state index is 13.2. The molecule has 0 spiro atoms. The fourth-order valence-corrected chi connectivity index (χ4v) is 6.51. The number of halogens is 1. The molecule has 1 aliphatic heterocycles. The Kier molecular flexibility index (Phi) is 13.0. The number of amides is 1. The van der Waals surface area contributed by atoms with Crippen LogP contribution in [0.15, 0.2) is 83.8 Å². The van der Waals surface area contributed by atoms with Gasteiger partial charge in [0.2, 0.25) is 5.91 Å². The molecule has 238 valence electrons. The SMILES string of the molecule is CCN(C(=O)Cc1ccc(S(C)(=O)=O)cc1)C1CCN(CCC(c2ccccc2)c2ccc(C(=O)OC(C)C)cc2)CC1.Cl. The lowest BCUT2D eigenvalue weighted by molar-refractivity contribution is -0.133. The predicted molar refractivity (Wildman–Crippen MR) is 177 cm³/mol. The van der Waals surface area contributed by atoms with Gasteiger partial charge >= 0.3 is 5.97 Å². The van der Waals surface area contributed by atoms with E-state index in [9.17, 15) is 18.0 Å². The third-order valence-electron chi connectivity index (χ3n) is 8.19. The van der Waals surface area contributed by atoms with Crippen molar-refractivity contribution in [2.24, 2.45) is 0 Å². The zero-order valence-corrected chi connectivity index (χ0v) is 27.8. The first kappa shape index (κ1) is 35.3. The first-order valence-corrected chi connectivity index (χ1v) is 17.1. The first-order chi connectivity index (χ1) is 20.5. The molecule has 7 nitrogen and oxygen atoms in total. The number of piperidine rings is 1. The van der Waals surface area contributed by atoms with Crippen LogP contribution in [0.4, 0.5) is 0 Å². The van der Waals surface area contributed by atoms with Crippen LogP contribution in [0.2, 0.25) is 0 Å². The van der Waals surface area contributed by atoms with Gasteiger partial charge in [-0.3, -0.25) is 4.79 Å². The number of rotatable bonds is 12. The molecule has 4 rings (SSSR count). The monoisotopic (exact) mass is 640 g/mol. The van der Waals surface area contributed by atoms with Crippen molar-refractivity contribution in [3.63, 3.8) is 0 Å². The number of esters is 1. The van der Waals surface area contributed by atoms with Crippen molar-refractivity contribution in [1.82, 2.24) is 9.80 Å². The number of carbonyl (C=O) groups is 2. The Balaban J connectivity index is 0.00000529. The van der Waals surface area contributed by atoms with E-state index in [4.69, 9.17) is 4.74 Å². The van der Waals surface area contributed by atoms with Crippen LogP contribution in [0.1, 0.15) is 73.0 Å². The summed E-state index contributed by atoms with van der Waals surface area (Å²) in [5.74, 6) is -0.0139. The van der Waals surface area contributed by atoms with Crippen LogP contribution in [0.25, 0.3) is 0 Å². The summed E-state index contributed by atoms with van der Waals surface area (Å²) in [7, 11) is -3.26. The highest BCUT2D eigenvalue weighted by atomic mass is 35.5. The Morgan fingerprint density at radius 2 is 1.50 bits per heavy atom. The number of hydrogen-bond donors (Lipinski definition) is 0. The molecule has 0 saturated carbocycles. The van der Waals surface area contributed by atoms with Crippen molar-refractivity contribution in [1.29, 1.82) is 0 Å². The van der Waals surface area contributed by atoms with Crippen molar-refractivity contribution in [3.05, 3.63) is 101 Å². The molecular weight excluding hydrogens is 596 g/mol. The Morgan fingerprint density at radius 3 is 2.05 bits per heavy atom. The zero-order valence-electron chi connectivity index (χ0n) is 26.1. The second-order valence-electron chi connectivity index (χ2n) is 11.7. The van der Waals surface area contributed by atoms with Gasteiger partial charge < -0.3 is 14.5 Å². The van der Waals surface area contributed by atoms with Gasteiger partial charge in [-0.25, -0.2) is 13.2 Å². The molecule has 1 aliphatic rings. The predicted octanol–water partition coefficient (Wildman–Crippen LogP) is 6.15. The van der Waals surface area contributed by atoms with Crippen LogP contribution in [-0.4, -0.2) is 74.7 Å². The van der Waals surface area contributed by atoms with Crippen LogP contribution in [0, 0.1) is 0 Å². The minimum atomic E-state index is -3.26. The molecule has 3 aromatic carbocycles. The zero-order chi connectivity index (χ0) is 31.0. The molecular formula is C35H45ClN2O5S. The Morgan fingerprint density at radius 1 is 0.909 bits per heavy atom. The van der Waals surface area contributed by atoms with E-state index in [1.807, 2.05) is 56.0 Å². The summed E-state index contributed by atoms with van der Waals surface area (Å²) in [6.45, 7) is 9.18. The molecule has 1 saturated heterocycles. The summed E-state index contributed by atoms with van der Waals surface area (Å²) in [5.41, 5.74) is 3.81. The number of carbonyl (C=O) groups excluding carboxylic acids is 2. The lowest BCUT2D eigenvalue weighted by Crippen LogP contribution is -2.48. The quantitative estimate of drug-likeness (QED) is 0.221. The van der Waals surface area contributed by atoms with E-state index in [0.717, 1.165) is 44.5 Å². The molecule has 1 atom stereocenters. The summed E-state index contributed by atoms with van der Waals surface area (Å²) in [6, 6.07) is 25.1. The molecule has 0 radical (unpaired) electrons. The molecule has 1 amide bonds. The fraction of sp³-hybridized carbons (Fsp3) is 0.429. The highest BCUT2D eigenvalue weighted by Gasteiger charge is 2.27. The summed E-state index contributed by atoms with van der Waals surface area (Å²) < 4.78 is 28.9. The molecule has 0 aliphatic carbocycles. The average Bonchev–Trinajstić information content (AvgIpc) is 2.99. The number of sulfone groups is 1. The molecule has 9 heteroatoms. The number of ether oxygens (including phenoxy) is 1. The molecule has 44 heavy (non-hydrogen) atoms. The van der Waals surface area contributed by atoms with Crippen molar-refractivity contribution in [3.8, 4) is 0 Å². The van der Waals surface area contributed by atoms with Gasteiger partial charge in [0.1, 0.15) is 0 Å². The van der Waals surface area contributed by atoms with Gasteiger partial charge in [-0.15, -0.1) is 12.4 Å². The highest BCUT2D eigenvalue weighted by molar-refractivity contribution is 7.90. The molecule has 0 aromatic heterocycles. The van der Waals surface area contributed by atoms with Crippen molar-refractivity contribution in [2.45, 2.75) is 69.4 Å². The lowest BCUT2D eigenvalue weighted by Gasteiger charge is -2.38. The summed E-state index contributed by atoms with van der Waals surface area (Å²) in [4.78, 5) is 30.3. The number of likely N-dealkylation sites (tertiary alicyclic amines) is 1. The van der Waals surface area contributed by atoms with E-state index in [2.05, 4.69) is 29.2 Å². The minimum absolute atomic E-state index is 0. The fourth-order valence-electron chi connectivity index (χ4n) is 5.88. The second kappa shape index (κ2) is 16.2. The standard InChI is InChI=1S/C35H44N2O5S.ClH/c1-5-37(34(38)25-27-11-17-32(18-12-27)43(4,40)41)31-19-22-36(23-20-31)24-21-33(28-9-7-6-8-10-28)29-13-15-30(16-14-29)35(39)42-26(2)3;/h6-18,26,31,33H,5,19-25H2,1-4H3;1H. The summed E-state index contributed by atoms with van der Waals surface area (Å²) in [6.07, 6.45) is 4.10. The number of benzene rings is 3. The number of hydrogen-bond acceptors (Lipinski definition) is 6. The van der Waals surface area contributed by atoms with Crippen LogP contribution < -0.4 is 0 Å².